The van der Waals surface area contributed by atoms with Gasteiger partial charge in [0, 0.05) is 6.42 Å². The highest BCUT2D eigenvalue weighted by molar-refractivity contribution is 7.89. The van der Waals surface area contributed by atoms with Crippen LogP contribution in [0.25, 0.3) is 0 Å². The first-order valence-corrected chi connectivity index (χ1v) is 10.2. The lowest BCUT2D eigenvalue weighted by Gasteiger charge is -2.56. The van der Waals surface area contributed by atoms with E-state index in [2.05, 4.69) is 10.3 Å². The van der Waals surface area contributed by atoms with E-state index >= 15 is 0 Å². The second-order valence-electron chi connectivity index (χ2n) is 8.42. The number of carbonyl (C=O) groups excluding carboxylic acids is 1. The molecule has 2 N–H and O–H groups in total. The summed E-state index contributed by atoms with van der Waals surface area (Å²) < 4.78 is 23.6. The van der Waals surface area contributed by atoms with E-state index in [0.717, 1.165) is 37.0 Å². The molecular formula is C16H28N2O3S. The van der Waals surface area contributed by atoms with E-state index in [0.29, 0.717) is 6.42 Å². The first-order valence-electron chi connectivity index (χ1n) is 8.54. The van der Waals surface area contributed by atoms with Gasteiger partial charge in [-0.1, -0.05) is 13.8 Å². The van der Waals surface area contributed by atoms with Gasteiger partial charge in [-0.15, -0.1) is 4.83 Å². The number of rotatable bonds is 6. The SMILES string of the molecule is CC(C)CS(=O)(=O)NNC(=O)CC12CC3CC(CC(C3)C1)C2. The van der Waals surface area contributed by atoms with Crippen molar-refractivity contribution in [3.63, 3.8) is 0 Å². The lowest BCUT2D eigenvalue weighted by Crippen LogP contribution is -2.50. The second-order valence-corrected chi connectivity index (χ2v) is 10.2. The van der Waals surface area contributed by atoms with Crippen LogP contribution in [0.15, 0.2) is 0 Å². The van der Waals surface area contributed by atoms with E-state index in [-0.39, 0.29) is 23.0 Å². The molecule has 0 saturated heterocycles. The zero-order valence-electron chi connectivity index (χ0n) is 13.6. The molecule has 0 aromatic heterocycles. The van der Waals surface area contributed by atoms with Gasteiger partial charge in [0.25, 0.3) is 0 Å². The fourth-order valence-electron chi connectivity index (χ4n) is 5.51. The van der Waals surface area contributed by atoms with Crippen molar-refractivity contribution in [2.45, 2.75) is 58.8 Å². The summed E-state index contributed by atoms with van der Waals surface area (Å²) in [5.41, 5.74) is 2.57. The van der Waals surface area contributed by atoms with Crippen LogP contribution in [0.2, 0.25) is 0 Å². The Morgan fingerprint density at radius 1 is 1.09 bits per heavy atom. The minimum Gasteiger partial charge on any atom is -0.278 e. The van der Waals surface area contributed by atoms with Gasteiger partial charge in [-0.05, 0) is 67.6 Å². The first kappa shape index (κ1) is 16.2. The Kier molecular flexibility index (Phi) is 4.27. The van der Waals surface area contributed by atoms with Gasteiger partial charge in [-0.2, -0.15) is 0 Å². The van der Waals surface area contributed by atoms with Crippen molar-refractivity contribution in [2.24, 2.45) is 29.1 Å². The molecule has 4 bridgehead atoms. The fourth-order valence-corrected chi connectivity index (χ4v) is 6.74. The minimum atomic E-state index is -3.42. The second kappa shape index (κ2) is 5.78. The first-order chi connectivity index (χ1) is 10.3. The van der Waals surface area contributed by atoms with Gasteiger partial charge in [0.15, 0.2) is 0 Å². The third-order valence-corrected chi connectivity index (χ3v) is 7.12. The predicted octanol–water partition coefficient (Wildman–Crippen LogP) is 2.20. The van der Waals surface area contributed by atoms with Crippen molar-refractivity contribution >= 4 is 15.9 Å². The molecular weight excluding hydrogens is 300 g/mol. The largest absolute Gasteiger partial charge is 0.278 e. The Bertz CT molecular complexity index is 506. The van der Waals surface area contributed by atoms with E-state index in [4.69, 9.17) is 0 Å². The van der Waals surface area contributed by atoms with Crippen LogP contribution in [-0.4, -0.2) is 20.1 Å². The Morgan fingerprint density at radius 2 is 1.59 bits per heavy atom. The highest BCUT2D eigenvalue weighted by Gasteiger charge is 2.51. The van der Waals surface area contributed by atoms with Gasteiger partial charge in [0.2, 0.25) is 15.9 Å². The van der Waals surface area contributed by atoms with E-state index in [1.165, 1.54) is 19.3 Å². The van der Waals surface area contributed by atoms with Crippen LogP contribution < -0.4 is 10.3 Å². The molecule has 126 valence electrons. The molecule has 4 aliphatic carbocycles. The number of hydrogen-bond donors (Lipinski definition) is 2. The number of nitrogens with one attached hydrogen (secondary N) is 2. The fraction of sp³-hybridized carbons (Fsp3) is 0.938. The van der Waals surface area contributed by atoms with E-state index in [9.17, 15) is 13.2 Å². The van der Waals surface area contributed by atoms with Crippen LogP contribution in [-0.2, 0) is 14.8 Å². The number of hydrazine groups is 1. The van der Waals surface area contributed by atoms with Crippen molar-refractivity contribution in [1.29, 1.82) is 0 Å². The molecule has 5 nitrogen and oxygen atoms in total. The normalized spacial score (nSPS) is 36.8. The number of sulfonamides is 1. The molecule has 22 heavy (non-hydrogen) atoms. The highest BCUT2D eigenvalue weighted by Crippen LogP contribution is 2.61. The average Bonchev–Trinajstić information content (AvgIpc) is 2.32. The van der Waals surface area contributed by atoms with Gasteiger partial charge in [0.05, 0.1) is 5.75 Å². The molecule has 4 rings (SSSR count). The summed E-state index contributed by atoms with van der Waals surface area (Å²) in [4.78, 5) is 14.5. The summed E-state index contributed by atoms with van der Waals surface area (Å²) in [5.74, 6) is 2.31. The maximum absolute atomic E-state index is 12.2. The maximum Gasteiger partial charge on any atom is 0.235 e. The monoisotopic (exact) mass is 328 g/mol. The molecule has 0 spiro atoms. The summed E-state index contributed by atoms with van der Waals surface area (Å²) in [5, 5.41) is 0. The third-order valence-electron chi connectivity index (χ3n) is 5.60. The summed E-state index contributed by atoms with van der Waals surface area (Å²) >= 11 is 0. The van der Waals surface area contributed by atoms with Crippen LogP contribution in [0.4, 0.5) is 0 Å². The molecule has 4 saturated carbocycles. The average molecular weight is 328 g/mol. The molecule has 0 aromatic carbocycles. The van der Waals surface area contributed by atoms with E-state index in [1.54, 1.807) is 0 Å². The van der Waals surface area contributed by atoms with Crippen molar-refractivity contribution in [2.75, 3.05) is 5.75 Å². The standard InChI is InChI=1S/C16H28N2O3S/c1-11(2)10-22(20,21)18-17-15(19)9-16-6-12-3-13(7-16)5-14(4-12)8-16/h11-14,18H,3-10H2,1-2H3,(H,17,19). The number of carbonyl (C=O) groups is 1. The topological polar surface area (TPSA) is 75.3 Å². The van der Waals surface area contributed by atoms with E-state index in [1.807, 2.05) is 13.8 Å². The molecule has 4 aliphatic rings. The van der Waals surface area contributed by atoms with Gasteiger partial charge in [0.1, 0.15) is 0 Å². The molecule has 0 aromatic rings. The van der Waals surface area contributed by atoms with Gasteiger partial charge < -0.3 is 0 Å². The zero-order valence-corrected chi connectivity index (χ0v) is 14.4. The van der Waals surface area contributed by atoms with Crippen molar-refractivity contribution in [3.05, 3.63) is 0 Å². The Labute approximate surface area is 133 Å². The van der Waals surface area contributed by atoms with Crippen LogP contribution >= 0.6 is 0 Å². The number of hydrogen-bond acceptors (Lipinski definition) is 3. The molecule has 6 heteroatoms. The zero-order chi connectivity index (χ0) is 16.0. The maximum atomic E-state index is 12.2. The summed E-state index contributed by atoms with van der Waals surface area (Å²) in [7, 11) is -3.42. The summed E-state index contributed by atoms with van der Waals surface area (Å²) in [6.45, 7) is 3.69. The van der Waals surface area contributed by atoms with Crippen molar-refractivity contribution in [3.8, 4) is 0 Å². The third kappa shape index (κ3) is 3.65. The Hall–Kier alpha value is -0.620. The molecule has 0 heterocycles. The smallest absolute Gasteiger partial charge is 0.235 e. The van der Waals surface area contributed by atoms with Crippen molar-refractivity contribution < 1.29 is 13.2 Å². The summed E-state index contributed by atoms with van der Waals surface area (Å²) in [6, 6.07) is 0. The molecule has 0 atom stereocenters. The van der Waals surface area contributed by atoms with Gasteiger partial charge >= 0.3 is 0 Å². The van der Waals surface area contributed by atoms with Crippen molar-refractivity contribution in [1.82, 2.24) is 10.3 Å². The highest BCUT2D eigenvalue weighted by atomic mass is 32.2. The molecule has 0 radical (unpaired) electrons. The van der Waals surface area contributed by atoms with E-state index < -0.39 is 10.0 Å². The Balaban J connectivity index is 1.54. The quantitative estimate of drug-likeness (QED) is 0.734. The van der Waals surface area contributed by atoms with Crippen LogP contribution in [0.3, 0.4) is 0 Å². The molecule has 0 unspecified atom stereocenters. The minimum absolute atomic E-state index is 0.0324. The van der Waals surface area contributed by atoms with Gasteiger partial charge in [-0.25, -0.2) is 8.42 Å². The van der Waals surface area contributed by atoms with Gasteiger partial charge in [-0.3, -0.25) is 10.2 Å². The lowest BCUT2D eigenvalue weighted by molar-refractivity contribution is -0.129. The van der Waals surface area contributed by atoms with Crippen LogP contribution in [0.5, 0.6) is 0 Å². The molecule has 0 aliphatic heterocycles. The lowest BCUT2D eigenvalue weighted by atomic mass is 9.49. The van der Waals surface area contributed by atoms with Crippen LogP contribution in [0.1, 0.15) is 58.8 Å². The summed E-state index contributed by atoms with van der Waals surface area (Å²) in [6.07, 6.45) is 7.99. The predicted molar refractivity (Wildman–Crippen MR) is 85.1 cm³/mol. The Morgan fingerprint density at radius 3 is 2.05 bits per heavy atom. The molecule has 4 fully saturated rings. The molecule has 1 amide bonds. The van der Waals surface area contributed by atoms with Crippen LogP contribution in [0, 0.1) is 29.1 Å². The number of amides is 1.